The van der Waals surface area contributed by atoms with Crippen LogP contribution in [0.15, 0.2) is 60.9 Å². The fourth-order valence-corrected chi connectivity index (χ4v) is 2.85. The Morgan fingerprint density at radius 1 is 1.04 bits per heavy atom. The number of para-hydroxylation sites is 1. The van der Waals surface area contributed by atoms with Crippen molar-refractivity contribution in [1.82, 2.24) is 9.97 Å². The third-order valence-corrected chi connectivity index (χ3v) is 3.98. The second kappa shape index (κ2) is 5.83. The van der Waals surface area contributed by atoms with Crippen LogP contribution in [0.25, 0.3) is 0 Å². The van der Waals surface area contributed by atoms with Crippen molar-refractivity contribution in [3.05, 3.63) is 77.7 Å². The molecule has 6 heteroatoms. The fraction of sp³-hybridized carbons (Fsp3) is 0.0526. The summed E-state index contributed by atoms with van der Waals surface area (Å²) in [5.74, 6) is -0.152. The topological polar surface area (TPSA) is 75.2 Å². The highest BCUT2D eigenvalue weighted by Crippen LogP contribution is 2.37. The zero-order valence-corrected chi connectivity index (χ0v) is 13.4. The maximum atomic E-state index is 13.3. The van der Waals surface area contributed by atoms with E-state index in [0.29, 0.717) is 28.3 Å². The summed E-state index contributed by atoms with van der Waals surface area (Å²) in [6.07, 6.45) is 3.19. The molecule has 3 aromatic rings. The molecule has 0 fully saturated rings. The van der Waals surface area contributed by atoms with E-state index >= 15 is 0 Å². The zero-order valence-electron chi connectivity index (χ0n) is 13.4. The third-order valence-electron chi connectivity index (χ3n) is 3.98. The molecule has 25 heavy (non-hydrogen) atoms. The average Bonchev–Trinajstić information content (AvgIpc) is 2.75. The van der Waals surface area contributed by atoms with E-state index in [4.69, 9.17) is 0 Å². The Morgan fingerprint density at radius 3 is 2.72 bits per heavy atom. The van der Waals surface area contributed by atoms with E-state index < -0.39 is 0 Å². The molecule has 4 rings (SSSR count). The Morgan fingerprint density at radius 2 is 1.88 bits per heavy atom. The molecule has 0 radical (unpaired) electrons. The lowest BCUT2D eigenvalue weighted by molar-refractivity contribution is 0.0998. The molecule has 0 spiro atoms. The molecule has 3 heterocycles. The van der Waals surface area contributed by atoms with Crippen molar-refractivity contribution in [2.75, 3.05) is 10.2 Å². The molecule has 1 N–H and O–H groups in total. The van der Waals surface area contributed by atoms with Crippen LogP contribution in [0.2, 0.25) is 0 Å². The first-order valence-corrected chi connectivity index (χ1v) is 7.77. The molecule has 1 aliphatic heterocycles. The highest BCUT2D eigenvalue weighted by Gasteiger charge is 2.30. The van der Waals surface area contributed by atoms with Gasteiger partial charge < -0.3 is 5.32 Å². The molecule has 0 saturated heterocycles. The number of nitrogens with zero attached hydrogens (tertiary/aromatic N) is 3. The number of nitrogens with one attached hydrogen (secondary N) is 1. The number of rotatable bonds is 1. The molecule has 122 valence electrons. The molecule has 0 unspecified atom stereocenters. The van der Waals surface area contributed by atoms with Crippen LogP contribution < -0.4 is 10.2 Å². The van der Waals surface area contributed by atoms with Gasteiger partial charge in [-0.15, -0.1) is 0 Å². The number of aryl methyl sites for hydroxylation is 1. The zero-order chi connectivity index (χ0) is 17.4. The van der Waals surface area contributed by atoms with Crippen LogP contribution in [0, 0.1) is 6.92 Å². The molecular weight excluding hydrogens is 316 g/mol. The Balaban J connectivity index is 1.96. The number of pyridine rings is 2. The molecule has 0 bridgehead atoms. The minimum absolute atomic E-state index is 0.269. The van der Waals surface area contributed by atoms with Gasteiger partial charge >= 0.3 is 0 Å². The van der Waals surface area contributed by atoms with E-state index in [1.165, 1.54) is 4.90 Å². The molecule has 2 aromatic heterocycles. The van der Waals surface area contributed by atoms with Gasteiger partial charge in [0.1, 0.15) is 0 Å². The van der Waals surface area contributed by atoms with E-state index in [2.05, 4.69) is 15.3 Å². The van der Waals surface area contributed by atoms with Crippen molar-refractivity contribution in [2.45, 2.75) is 6.92 Å². The monoisotopic (exact) mass is 330 g/mol. The van der Waals surface area contributed by atoms with Crippen molar-refractivity contribution in [3.8, 4) is 0 Å². The van der Waals surface area contributed by atoms with Gasteiger partial charge in [0.05, 0.1) is 16.9 Å². The standard InChI is InChI=1S/C19H14N4O2/c1-12-11-13(8-10-20-12)19(25)23-16-7-3-2-5-14(16)18(24)22-15-6-4-9-21-17(15)23/h2-11H,1H3,(H,22,24). The number of fused-ring (bicyclic) bond motifs is 2. The predicted molar refractivity (Wildman–Crippen MR) is 94.1 cm³/mol. The molecule has 1 aromatic carbocycles. The maximum Gasteiger partial charge on any atom is 0.264 e. The minimum Gasteiger partial charge on any atom is -0.319 e. The second-order valence-corrected chi connectivity index (χ2v) is 5.67. The van der Waals surface area contributed by atoms with Crippen molar-refractivity contribution in [1.29, 1.82) is 0 Å². The molecule has 0 atom stereocenters. The fourth-order valence-electron chi connectivity index (χ4n) is 2.85. The van der Waals surface area contributed by atoms with E-state index in [9.17, 15) is 9.59 Å². The average molecular weight is 330 g/mol. The van der Waals surface area contributed by atoms with Crippen LogP contribution in [0.5, 0.6) is 0 Å². The summed E-state index contributed by atoms with van der Waals surface area (Å²) in [7, 11) is 0. The number of anilines is 3. The number of amides is 2. The summed E-state index contributed by atoms with van der Waals surface area (Å²) < 4.78 is 0. The van der Waals surface area contributed by atoms with Gasteiger partial charge in [0.15, 0.2) is 5.82 Å². The van der Waals surface area contributed by atoms with Gasteiger partial charge in [-0.1, -0.05) is 12.1 Å². The molecular formula is C19H14N4O2. The Bertz CT molecular complexity index is 1000. The number of benzene rings is 1. The first-order chi connectivity index (χ1) is 12.1. The highest BCUT2D eigenvalue weighted by molar-refractivity contribution is 6.20. The van der Waals surface area contributed by atoms with Crippen LogP contribution in [0.1, 0.15) is 26.4 Å². The van der Waals surface area contributed by atoms with Crippen LogP contribution in [-0.4, -0.2) is 21.8 Å². The van der Waals surface area contributed by atoms with Crippen LogP contribution in [0.3, 0.4) is 0 Å². The van der Waals surface area contributed by atoms with Crippen LogP contribution >= 0.6 is 0 Å². The number of hydrogen-bond donors (Lipinski definition) is 1. The maximum absolute atomic E-state index is 13.3. The van der Waals surface area contributed by atoms with Crippen molar-refractivity contribution in [3.63, 3.8) is 0 Å². The van der Waals surface area contributed by atoms with Crippen molar-refractivity contribution in [2.24, 2.45) is 0 Å². The normalized spacial score (nSPS) is 12.7. The van der Waals surface area contributed by atoms with E-state index in [-0.39, 0.29) is 11.8 Å². The first-order valence-electron chi connectivity index (χ1n) is 7.77. The van der Waals surface area contributed by atoms with Gasteiger partial charge in [-0.2, -0.15) is 0 Å². The molecule has 1 aliphatic rings. The lowest BCUT2D eigenvalue weighted by Gasteiger charge is -2.22. The largest absolute Gasteiger partial charge is 0.319 e. The lowest BCUT2D eigenvalue weighted by Crippen LogP contribution is -2.27. The third kappa shape index (κ3) is 2.53. The summed E-state index contributed by atoms with van der Waals surface area (Å²) in [6, 6.07) is 13.8. The number of carbonyl (C=O) groups excluding carboxylic acids is 2. The van der Waals surface area contributed by atoms with Gasteiger partial charge in [-0.25, -0.2) is 4.98 Å². The van der Waals surface area contributed by atoms with Gasteiger partial charge in [-0.3, -0.25) is 19.5 Å². The number of carbonyl (C=O) groups is 2. The SMILES string of the molecule is Cc1cc(C(=O)N2c3ccccc3C(=O)Nc3cccnc32)ccn1. The Labute approximate surface area is 144 Å². The Kier molecular flexibility index (Phi) is 3.50. The van der Waals surface area contributed by atoms with Gasteiger partial charge in [0, 0.05) is 23.7 Å². The van der Waals surface area contributed by atoms with E-state index in [1.54, 1.807) is 60.9 Å². The quantitative estimate of drug-likeness (QED) is 0.742. The summed E-state index contributed by atoms with van der Waals surface area (Å²) in [4.78, 5) is 35.7. The van der Waals surface area contributed by atoms with Crippen LogP contribution in [0.4, 0.5) is 17.2 Å². The van der Waals surface area contributed by atoms with E-state index in [1.807, 2.05) is 6.92 Å². The number of aromatic nitrogens is 2. The van der Waals surface area contributed by atoms with Gasteiger partial charge in [0.2, 0.25) is 0 Å². The summed E-state index contributed by atoms with van der Waals surface area (Å²) >= 11 is 0. The molecule has 6 nitrogen and oxygen atoms in total. The Hall–Kier alpha value is -3.54. The van der Waals surface area contributed by atoms with Crippen LogP contribution in [-0.2, 0) is 0 Å². The minimum atomic E-state index is -0.272. The summed E-state index contributed by atoms with van der Waals surface area (Å²) in [5.41, 5.74) is 2.62. The smallest absolute Gasteiger partial charge is 0.264 e. The predicted octanol–water partition coefficient (Wildman–Crippen LogP) is 3.33. The molecule has 2 amide bonds. The summed E-state index contributed by atoms with van der Waals surface area (Å²) in [5, 5.41) is 2.82. The van der Waals surface area contributed by atoms with Crippen molar-refractivity contribution >= 4 is 29.0 Å². The summed E-state index contributed by atoms with van der Waals surface area (Å²) in [6.45, 7) is 1.82. The van der Waals surface area contributed by atoms with E-state index in [0.717, 1.165) is 5.69 Å². The molecule has 0 aliphatic carbocycles. The molecule has 0 saturated carbocycles. The number of hydrogen-bond acceptors (Lipinski definition) is 4. The lowest BCUT2D eigenvalue weighted by atomic mass is 10.1. The highest BCUT2D eigenvalue weighted by atomic mass is 16.2. The van der Waals surface area contributed by atoms with Gasteiger partial charge in [0.25, 0.3) is 11.8 Å². The first kappa shape index (κ1) is 15.0. The van der Waals surface area contributed by atoms with Crippen molar-refractivity contribution < 1.29 is 9.59 Å². The second-order valence-electron chi connectivity index (χ2n) is 5.67. The van der Waals surface area contributed by atoms with Gasteiger partial charge in [-0.05, 0) is 43.3 Å².